The van der Waals surface area contributed by atoms with Gasteiger partial charge in [0.25, 0.3) is 0 Å². The monoisotopic (exact) mass is 344 g/mol. The van der Waals surface area contributed by atoms with Gasteiger partial charge in [0.1, 0.15) is 0 Å². The largest absolute Gasteiger partial charge is 0.342 e. The maximum absolute atomic E-state index is 11.7. The molecule has 3 nitrogen and oxygen atoms in total. The Hall–Kier alpha value is -0.390. The first kappa shape index (κ1) is 15.0. The van der Waals surface area contributed by atoms with E-state index in [4.69, 9.17) is 0 Å². The van der Waals surface area contributed by atoms with Gasteiger partial charge in [-0.15, -0.1) is 11.3 Å². The van der Waals surface area contributed by atoms with Crippen LogP contribution in [0.15, 0.2) is 15.9 Å². The molecule has 5 heteroatoms. The maximum atomic E-state index is 11.7. The molecule has 0 saturated carbocycles. The topological polar surface area (TPSA) is 32.3 Å². The minimum absolute atomic E-state index is 0.285. The highest BCUT2D eigenvalue weighted by molar-refractivity contribution is 9.11. The molecule has 1 aromatic heterocycles. The molecular weight excluding hydrogens is 324 g/mol. The summed E-state index contributed by atoms with van der Waals surface area (Å²) in [7, 11) is 0. The van der Waals surface area contributed by atoms with Gasteiger partial charge in [-0.05, 0) is 40.4 Å². The molecule has 1 saturated heterocycles. The summed E-state index contributed by atoms with van der Waals surface area (Å²) < 4.78 is 1.18. The molecule has 0 aliphatic carbocycles. The van der Waals surface area contributed by atoms with E-state index in [0.717, 1.165) is 26.1 Å². The zero-order valence-electron chi connectivity index (χ0n) is 11.5. The summed E-state index contributed by atoms with van der Waals surface area (Å²) in [6.45, 7) is 6.87. The molecule has 1 amide bonds. The van der Waals surface area contributed by atoms with Crippen LogP contribution < -0.4 is 5.32 Å². The Kier molecular flexibility index (Phi) is 5.42. The average Bonchev–Trinajstić information content (AvgIpc) is 2.82. The summed E-state index contributed by atoms with van der Waals surface area (Å²) in [6.07, 6.45) is 1.67. The Labute approximate surface area is 127 Å². The molecule has 19 heavy (non-hydrogen) atoms. The van der Waals surface area contributed by atoms with Crippen LogP contribution >= 0.6 is 27.3 Å². The van der Waals surface area contributed by atoms with Crippen LogP contribution in [0, 0.1) is 5.92 Å². The number of hydrogen-bond donors (Lipinski definition) is 1. The lowest BCUT2D eigenvalue weighted by Crippen LogP contribution is -2.49. The van der Waals surface area contributed by atoms with Crippen molar-refractivity contribution in [3.8, 4) is 0 Å². The molecule has 2 unspecified atom stereocenters. The zero-order chi connectivity index (χ0) is 13.8. The number of thiophene rings is 1. The molecule has 1 aromatic rings. The zero-order valence-corrected chi connectivity index (χ0v) is 13.9. The van der Waals surface area contributed by atoms with Crippen molar-refractivity contribution < 1.29 is 4.79 Å². The molecule has 1 N–H and O–H groups in total. The van der Waals surface area contributed by atoms with Gasteiger partial charge >= 0.3 is 0 Å². The van der Waals surface area contributed by atoms with E-state index in [0.29, 0.717) is 18.4 Å². The van der Waals surface area contributed by atoms with Gasteiger partial charge in [-0.3, -0.25) is 4.79 Å². The lowest BCUT2D eigenvalue weighted by Gasteiger charge is -2.37. The number of hydrogen-bond acceptors (Lipinski definition) is 3. The summed E-state index contributed by atoms with van der Waals surface area (Å²) in [5.41, 5.74) is 0. The molecular formula is C14H21BrN2OS. The Morgan fingerprint density at radius 2 is 2.37 bits per heavy atom. The van der Waals surface area contributed by atoms with Crippen molar-refractivity contribution >= 4 is 33.2 Å². The van der Waals surface area contributed by atoms with E-state index in [1.54, 1.807) is 11.3 Å². The van der Waals surface area contributed by atoms with Gasteiger partial charge in [0, 0.05) is 37.0 Å². The molecule has 0 bridgehead atoms. The minimum atomic E-state index is 0.285. The van der Waals surface area contributed by atoms with Crippen molar-refractivity contribution in [2.24, 2.45) is 5.92 Å². The number of amides is 1. The first-order valence-corrected chi connectivity index (χ1v) is 8.46. The van der Waals surface area contributed by atoms with Crippen molar-refractivity contribution in [1.82, 2.24) is 10.2 Å². The third-order valence-electron chi connectivity index (χ3n) is 3.73. The summed E-state index contributed by atoms with van der Waals surface area (Å²) in [4.78, 5) is 15.1. The fourth-order valence-corrected chi connectivity index (χ4v) is 4.01. The predicted octanol–water partition coefficient (Wildman–Crippen LogP) is 3.25. The number of carbonyl (C=O) groups is 1. The number of carbonyl (C=O) groups excluding carboxylic acids is 1. The molecule has 0 spiro atoms. The summed E-state index contributed by atoms with van der Waals surface area (Å²) in [6, 6.07) is 4.76. The lowest BCUT2D eigenvalue weighted by atomic mass is 9.93. The van der Waals surface area contributed by atoms with Crippen molar-refractivity contribution in [1.29, 1.82) is 0 Å². The molecule has 1 aliphatic rings. The van der Waals surface area contributed by atoms with Crippen molar-refractivity contribution in [2.75, 3.05) is 13.1 Å². The van der Waals surface area contributed by atoms with Gasteiger partial charge in [-0.25, -0.2) is 0 Å². The van der Waals surface area contributed by atoms with Crippen LogP contribution in [-0.2, 0) is 11.3 Å². The average molecular weight is 345 g/mol. The van der Waals surface area contributed by atoms with Crippen LogP contribution in [-0.4, -0.2) is 29.9 Å². The fraction of sp³-hybridized carbons (Fsp3) is 0.643. The van der Waals surface area contributed by atoms with Crippen molar-refractivity contribution in [2.45, 2.75) is 39.3 Å². The van der Waals surface area contributed by atoms with E-state index in [1.165, 1.54) is 8.66 Å². The highest BCUT2D eigenvalue weighted by atomic mass is 79.9. The number of nitrogens with zero attached hydrogens (tertiary/aromatic N) is 1. The van der Waals surface area contributed by atoms with Crippen LogP contribution in [0.5, 0.6) is 0 Å². The van der Waals surface area contributed by atoms with Crippen LogP contribution in [0.4, 0.5) is 0 Å². The van der Waals surface area contributed by atoms with Gasteiger partial charge in [0.15, 0.2) is 0 Å². The van der Waals surface area contributed by atoms with E-state index in [1.807, 2.05) is 11.8 Å². The first-order valence-electron chi connectivity index (χ1n) is 6.85. The SMILES string of the molecule is CCC(=O)N1CCC(NCc2ccc(Br)s2)C(C)C1. The Morgan fingerprint density at radius 3 is 2.95 bits per heavy atom. The minimum Gasteiger partial charge on any atom is -0.342 e. The summed E-state index contributed by atoms with van der Waals surface area (Å²) in [5.74, 6) is 0.806. The molecule has 0 aromatic carbocycles. The number of likely N-dealkylation sites (tertiary alicyclic amines) is 1. The molecule has 2 rings (SSSR count). The predicted molar refractivity (Wildman–Crippen MR) is 83.3 cm³/mol. The smallest absolute Gasteiger partial charge is 0.222 e. The van der Waals surface area contributed by atoms with Crippen LogP contribution in [0.3, 0.4) is 0 Å². The van der Waals surface area contributed by atoms with E-state index in [-0.39, 0.29) is 5.91 Å². The Balaban J connectivity index is 1.81. The number of nitrogens with one attached hydrogen (secondary N) is 1. The second-order valence-electron chi connectivity index (χ2n) is 5.15. The molecule has 2 heterocycles. The Morgan fingerprint density at radius 1 is 1.58 bits per heavy atom. The third-order valence-corrected chi connectivity index (χ3v) is 5.35. The Bertz CT molecular complexity index is 435. The molecule has 2 atom stereocenters. The highest BCUT2D eigenvalue weighted by Gasteiger charge is 2.27. The molecule has 1 aliphatic heterocycles. The molecule has 1 fully saturated rings. The van der Waals surface area contributed by atoms with E-state index >= 15 is 0 Å². The van der Waals surface area contributed by atoms with Crippen LogP contribution in [0.2, 0.25) is 0 Å². The highest BCUT2D eigenvalue weighted by Crippen LogP contribution is 2.23. The molecule has 106 valence electrons. The van der Waals surface area contributed by atoms with Crippen molar-refractivity contribution in [3.05, 3.63) is 20.8 Å². The second kappa shape index (κ2) is 6.86. The van der Waals surface area contributed by atoms with Gasteiger partial charge in [0.05, 0.1) is 3.79 Å². The summed E-state index contributed by atoms with van der Waals surface area (Å²) >= 11 is 5.26. The normalized spacial score (nSPS) is 23.6. The van der Waals surface area contributed by atoms with Crippen LogP contribution in [0.25, 0.3) is 0 Å². The number of halogens is 1. The third kappa shape index (κ3) is 4.04. The van der Waals surface area contributed by atoms with E-state index in [2.05, 4.69) is 40.3 Å². The standard InChI is InChI=1S/C14H21BrN2OS/c1-3-14(18)17-7-6-12(10(2)9-17)16-8-11-4-5-13(15)19-11/h4-5,10,12,16H,3,6-9H2,1-2H3. The number of piperidine rings is 1. The quantitative estimate of drug-likeness (QED) is 0.909. The van der Waals surface area contributed by atoms with Gasteiger partial charge < -0.3 is 10.2 Å². The van der Waals surface area contributed by atoms with Crippen molar-refractivity contribution in [3.63, 3.8) is 0 Å². The van der Waals surface area contributed by atoms with E-state index < -0.39 is 0 Å². The van der Waals surface area contributed by atoms with Gasteiger partial charge in [-0.1, -0.05) is 13.8 Å². The van der Waals surface area contributed by atoms with Crippen LogP contribution in [0.1, 0.15) is 31.6 Å². The van der Waals surface area contributed by atoms with Gasteiger partial charge in [-0.2, -0.15) is 0 Å². The number of rotatable bonds is 4. The second-order valence-corrected chi connectivity index (χ2v) is 7.70. The molecule has 0 radical (unpaired) electrons. The summed E-state index contributed by atoms with van der Waals surface area (Å²) in [5, 5.41) is 3.63. The maximum Gasteiger partial charge on any atom is 0.222 e. The first-order chi connectivity index (χ1) is 9.10. The van der Waals surface area contributed by atoms with Gasteiger partial charge in [0.2, 0.25) is 5.91 Å². The lowest BCUT2D eigenvalue weighted by molar-refractivity contribution is -0.132. The van der Waals surface area contributed by atoms with E-state index in [9.17, 15) is 4.79 Å². The fourth-order valence-electron chi connectivity index (χ4n) is 2.58.